The SMILES string of the molecule is CC(=O)c1cc(-c2cc(Cl)ccc2F)nnc1C1(CO)CCOC1=O. The molecule has 1 atom stereocenters. The molecule has 1 aliphatic rings. The molecule has 1 aromatic heterocycles. The second-order valence-corrected chi connectivity index (χ2v) is 6.23. The van der Waals surface area contributed by atoms with Crippen molar-refractivity contribution in [2.75, 3.05) is 13.2 Å². The summed E-state index contributed by atoms with van der Waals surface area (Å²) in [6, 6.07) is 5.30. The van der Waals surface area contributed by atoms with Crippen LogP contribution in [-0.4, -0.2) is 40.3 Å². The summed E-state index contributed by atoms with van der Waals surface area (Å²) in [5, 5.41) is 18.0. The van der Waals surface area contributed by atoms with Gasteiger partial charge >= 0.3 is 5.97 Å². The Kier molecular flexibility index (Phi) is 4.53. The van der Waals surface area contributed by atoms with Gasteiger partial charge in [-0.3, -0.25) is 9.59 Å². The molecule has 0 bridgehead atoms. The average Bonchev–Trinajstić information content (AvgIpc) is 2.98. The molecular weight excluding hydrogens is 351 g/mol. The first-order chi connectivity index (χ1) is 11.9. The quantitative estimate of drug-likeness (QED) is 0.661. The van der Waals surface area contributed by atoms with Crippen LogP contribution in [0.4, 0.5) is 4.39 Å². The first-order valence-electron chi connectivity index (χ1n) is 7.51. The third-order valence-electron chi connectivity index (χ3n) is 4.25. The van der Waals surface area contributed by atoms with Gasteiger partial charge in [0.2, 0.25) is 0 Å². The van der Waals surface area contributed by atoms with Crippen LogP contribution in [0, 0.1) is 5.82 Å². The number of aliphatic hydroxyl groups excluding tert-OH is 1. The van der Waals surface area contributed by atoms with Crippen molar-refractivity contribution >= 4 is 23.4 Å². The number of rotatable bonds is 4. The van der Waals surface area contributed by atoms with E-state index in [2.05, 4.69) is 10.2 Å². The maximum Gasteiger partial charge on any atom is 0.320 e. The lowest BCUT2D eigenvalue weighted by molar-refractivity contribution is -0.144. The highest BCUT2D eigenvalue weighted by Crippen LogP contribution is 2.36. The number of cyclic esters (lactones) is 1. The average molecular weight is 365 g/mol. The molecule has 8 heteroatoms. The molecule has 1 unspecified atom stereocenters. The summed E-state index contributed by atoms with van der Waals surface area (Å²) >= 11 is 5.89. The highest BCUT2D eigenvalue weighted by molar-refractivity contribution is 6.30. The summed E-state index contributed by atoms with van der Waals surface area (Å²) in [5.41, 5.74) is -1.12. The first-order valence-corrected chi connectivity index (χ1v) is 7.89. The fraction of sp³-hybridized carbons (Fsp3) is 0.294. The molecule has 1 aliphatic heterocycles. The number of benzene rings is 1. The van der Waals surface area contributed by atoms with Crippen molar-refractivity contribution in [2.45, 2.75) is 18.8 Å². The number of carbonyl (C=O) groups is 2. The Labute approximate surface area is 147 Å². The van der Waals surface area contributed by atoms with E-state index in [0.29, 0.717) is 5.02 Å². The van der Waals surface area contributed by atoms with Crippen LogP contribution in [0.2, 0.25) is 5.02 Å². The Bertz CT molecular complexity index is 874. The number of Topliss-reactive ketones (excluding diaryl/α,β-unsaturated/α-hetero) is 1. The van der Waals surface area contributed by atoms with E-state index in [1.54, 1.807) is 0 Å². The van der Waals surface area contributed by atoms with E-state index in [1.165, 1.54) is 31.2 Å². The standard InChI is InChI=1S/C17H14ClFN2O4/c1-9(23)11-7-14(12-6-10(18)2-3-13(12)19)20-21-15(11)17(8-22)4-5-25-16(17)24/h2-3,6-7,22H,4-5,8H2,1H3. The predicted octanol–water partition coefficient (Wildman–Crippen LogP) is 2.32. The molecule has 1 fully saturated rings. The number of hydrogen-bond acceptors (Lipinski definition) is 6. The van der Waals surface area contributed by atoms with Gasteiger partial charge in [0.05, 0.1) is 24.6 Å². The first kappa shape index (κ1) is 17.4. The van der Waals surface area contributed by atoms with Gasteiger partial charge in [-0.05, 0) is 31.2 Å². The van der Waals surface area contributed by atoms with E-state index in [-0.39, 0.29) is 41.3 Å². The number of carbonyl (C=O) groups excluding carboxylic acids is 2. The van der Waals surface area contributed by atoms with Gasteiger partial charge in [-0.15, -0.1) is 0 Å². The van der Waals surface area contributed by atoms with E-state index in [0.717, 1.165) is 0 Å². The fourth-order valence-corrected chi connectivity index (χ4v) is 3.00. The van der Waals surface area contributed by atoms with Gasteiger partial charge in [-0.1, -0.05) is 11.6 Å². The maximum atomic E-state index is 14.1. The van der Waals surface area contributed by atoms with Crippen LogP contribution >= 0.6 is 11.6 Å². The minimum absolute atomic E-state index is 0.0381. The number of esters is 1. The van der Waals surface area contributed by atoms with E-state index >= 15 is 0 Å². The van der Waals surface area contributed by atoms with Gasteiger partial charge in [0, 0.05) is 22.6 Å². The van der Waals surface area contributed by atoms with Crippen molar-refractivity contribution < 1.29 is 23.8 Å². The number of halogens is 2. The van der Waals surface area contributed by atoms with Gasteiger partial charge in [-0.2, -0.15) is 10.2 Å². The summed E-state index contributed by atoms with van der Waals surface area (Å²) < 4.78 is 19.0. The predicted molar refractivity (Wildman–Crippen MR) is 86.8 cm³/mol. The molecule has 1 N–H and O–H groups in total. The van der Waals surface area contributed by atoms with Crippen LogP contribution in [0.15, 0.2) is 24.3 Å². The normalized spacial score (nSPS) is 19.8. The summed E-state index contributed by atoms with van der Waals surface area (Å²) in [6.07, 6.45) is 0.183. The van der Waals surface area contributed by atoms with Crippen LogP contribution in [0.3, 0.4) is 0 Å². The molecule has 2 aromatic rings. The lowest BCUT2D eigenvalue weighted by Gasteiger charge is -2.23. The Morgan fingerprint density at radius 2 is 2.16 bits per heavy atom. The summed E-state index contributed by atoms with van der Waals surface area (Å²) in [4.78, 5) is 24.2. The molecule has 25 heavy (non-hydrogen) atoms. The molecule has 0 amide bonds. The third-order valence-corrected chi connectivity index (χ3v) is 4.49. The Hall–Kier alpha value is -2.38. The molecular formula is C17H14ClFN2O4. The summed E-state index contributed by atoms with van der Waals surface area (Å²) in [6.45, 7) is 0.846. The Morgan fingerprint density at radius 3 is 2.76 bits per heavy atom. The number of hydrogen-bond donors (Lipinski definition) is 1. The summed E-state index contributed by atoms with van der Waals surface area (Å²) in [7, 11) is 0. The monoisotopic (exact) mass is 364 g/mol. The minimum Gasteiger partial charge on any atom is -0.465 e. The number of aliphatic hydroxyl groups is 1. The second kappa shape index (κ2) is 6.50. The molecule has 3 rings (SSSR count). The minimum atomic E-state index is -1.43. The van der Waals surface area contributed by atoms with Crippen molar-refractivity contribution in [3.8, 4) is 11.3 Å². The number of aromatic nitrogens is 2. The van der Waals surface area contributed by atoms with E-state index in [4.69, 9.17) is 16.3 Å². The highest BCUT2D eigenvalue weighted by Gasteiger charge is 2.49. The molecule has 6 nitrogen and oxygen atoms in total. The van der Waals surface area contributed by atoms with Crippen molar-refractivity contribution in [3.05, 3.63) is 46.4 Å². The lowest BCUT2D eigenvalue weighted by atomic mass is 9.80. The zero-order chi connectivity index (χ0) is 18.2. The zero-order valence-electron chi connectivity index (χ0n) is 13.3. The number of nitrogens with zero attached hydrogens (tertiary/aromatic N) is 2. The molecule has 0 saturated carbocycles. The van der Waals surface area contributed by atoms with Gasteiger partial charge in [0.25, 0.3) is 0 Å². The molecule has 130 valence electrons. The topological polar surface area (TPSA) is 89.4 Å². The number of ketones is 1. The molecule has 0 radical (unpaired) electrons. The largest absolute Gasteiger partial charge is 0.465 e. The van der Waals surface area contributed by atoms with Crippen molar-refractivity contribution in [3.63, 3.8) is 0 Å². The zero-order valence-corrected chi connectivity index (χ0v) is 14.0. The van der Waals surface area contributed by atoms with E-state index in [1.807, 2.05) is 0 Å². The van der Waals surface area contributed by atoms with Gasteiger partial charge in [-0.25, -0.2) is 4.39 Å². The second-order valence-electron chi connectivity index (χ2n) is 5.80. The van der Waals surface area contributed by atoms with Crippen LogP contribution in [0.5, 0.6) is 0 Å². The molecule has 0 spiro atoms. The van der Waals surface area contributed by atoms with Crippen LogP contribution in [0.25, 0.3) is 11.3 Å². The van der Waals surface area contributed by atoms with Crippen LogP contribution in [0.1, 0.15) is 29.4 Å². The number of ether oxygens (including phenoxy) is 1. The lowest BCUT2D eigenvalue weighted by Crippen LogP contribution is -2.38. The molecule has 1 saturated heterocycles. The van der Waals surface area contributed by atoms with Crippen LogP contribution < -0.4 is 0 Å². The van der Waals surface area contributed by atoms with Crippen molar-refractivity contribution in [2.24, 2.45) is 0 Å². The smallest absolute Gasteiger partial charge is 0.320 e. The Balaban J connectivity index is 2.19. The molecule has 1 aromatic carbocycles. The molecule has 2 heterocycles. The van der Waals surface area contributed by atoms with Gasteiger partial charge in [0.1, 0.15) is 11.2 Å². The van der Waals surface area contributed by atoms with Gasteiger partial charge in [0.15, 0.2) is 5.78 Å². The van der Waals surface area contributed by atoms with Crippen LogP contribution in [-0.2, 0) is 14.9 Å². The highest BCUT2D eigenvalue weighted by atomic mass is 35.5. The third kappa shape index (κ3) is 2.89. The van der Waals surface area contributed by atoms with Crippen molar-refractivity contribution in [1.82, 2.24) is 10.2 Å². The van der Waals surface area contributed by atoms with E-state index in [9.17, 15) is 19.1 Å². The maximum absolute atomic E-state index is 14.1. The van der Waals surface area contributed by atoms with E-state index < -0.39 is 23.8 Å². The Morgan fingerprint density at radius 1 is 1.40 bits per heavy atom. The fourth-order valence-electron chi connectivity index (χ4n) is 2.83. The summed E-state index contributed by atoms with van der Waals surface area (Å²) in [5.74, 6) is -1.62. The van der Waals surface area contributed by atoms with Crippen molar-refractivity contribution in [1.29, 1.82) is 0 Å². The van der Waals surface area contributed by atoms with Gasteiger partial charge < -0.3 is 9.84 Å². The molecule has 0 aliphatic carbocycles.